The Morgan fingerprint density at radius 2 is 1.93 bits per heavy atom. The second-order valence-electron chi connectivity index (χ2n) is 3.89. The Labute approximate surface area is 98.8 Å². The minimum atomic E-state index is 0. The molecule has 0 saturated heterocycles. The molecule has 0 amide bonds. The Morgan fingerprint density at radius 1 is 1.21 bits per heavy atom. The Balaban J connectivity index is 0.00000169. The molecule has 0 spiro atoms. The van der Waals surface area contributed by atoms with Crippen molar-refractivity contribution in [2.75, 3.05) is 26.2 Å². The summed E-state index contributed by atoms with van der Waals surface area (Å²) < 4.78 is 2.46. The third-order valence-electron chi connectivity index (χ3n) is 2.60. The van der Waals surface area contributed by atoms with Crippen molar-refractivity contribution in [3.8, 4) is 0 Å². The summed E-state index contributed by atoms with van der Waals surface area (Å²) >= 11 is 0. The van der Waals surface area contributed by atoms with Crippen molar-refractivity contribution in [2.24, 2.45) is 0 Å². The van der Waals surface area contributed by atoms with Crippen LogP contribution in [0.3, 0.4) is 0 Å². The third-order valence-corrected chi connectivity index (χ3v) is 2.60. The zero-order valence-corrected chi connectivity index (χ0v) is 11.1. The number of rotatable bonds is 6. The summed E-state index contributed by atoms with van der Waals surface area (Å²) in [5.74, 6) is 0. The maximum Gasteiger partial charge on any atom is 0.234 e. The van der Waals surface area contributed by atoms with Crippen LogP contribution >= 0.6 is 0 Å². The van der Waals surface area contributed by atoms with E-state index in [1.54, 1.807) is 0 Å². The molecule has 84 valence electrons. The largest absolute Gasteiger partial charge is 1.00 e. The summed E-state index contributed by atoms with van der Waals surface area (Å²) in [5.41, 5.74) is 0. The number of unbranched alkanes of at least 4 members (excludes halogenated alkanes) is 2. The molecular formula is C11H23BrN2. The SMILES string of the molecule is CCCCN1C=[N+](CCCC)CC1.[Br-]. The van der Waals surface area contributed by atoms with Crippen LogP contribution in [0, 0.1) is 0 Å². The lowest BCUT2D eigenvalue weighted by Crippen LogP contribution is -3.00. The van der Waals surface area contributed by atoms with Crippen molar-refractivity contribution >= 4 is 6.34 Å². The highest BCUT2D eigenvalue weighted by atomic mass is 79.9. The van der Waals surface area contributed by atoms with Gasteiger partial charge in [-0.25, -0.2) is 0 Å². The fourth-order valence-electron chi connectivity index (χ4n) is 1.66. The summed E-state index contributed by atoms with van der Waals surface area (Å²) in [6, 6.07) is 0. The molecule has 3 heteroatoms. The summed E-state index contributed by atoms with van der Waals surface area (Å²) in [5, 5.41) is 0. The van der Waals surface area contributed by atoms with Crippen LogP contribution in [0.4, 0.5) is 0 Å². The molecule has 1 aliphatic rings. The summed E-state index contributed by atoms with van der Waals surface area (Å²) in [6.45, 7) is 9.49. The Bertz CT molecular complexity index is 169. The molecule has 0 aromatic carbocycles. The lowest BCUT2D eigenvalue weighted by atomic mass is 10.3. The molecule has 0 aromatic heterocycles. The first kappa shape index (κ1) is 13.9. The molecule has 2 nitrogen and oxygen atoms in total. The average molecular weight is 263 g/mol. The molecule has 1 heterocycles. The Hall–Kier alpha value is -0.0500. The molecule has 0 aliphatic carbocycles. The van der Waals surface area contributed by atoms with Gasteiger partial charge in [-0.15, -0.1) is 0 Å². The zero-order chi connectivity index (χ0) is 9.52. The molecule has 0 unspecified atom stereocenters. The van der Waals surface area contributed by atoms with Crippen molar-refractivity contribution in [3.05, 3.63) is 0 Å². The van der Waals surface area contributed by atoms with E-state index in [2.05, 4.69) is 29.7 Å². The predicted molar refractivity (Wildman–Crippen MR) is 57.4 cm³/mol. The van der Waals surface area contributed by atoms with Crippen LogP contribution in [-0.2, 0) is 0 Å². The monoisotopic (exact) mass is 262 g/mol. The molecular weight excluding hydrogens is 240 g/mol. The highest BCUT2D eigenvalue weighted by molar-refractivity contribution is 5.50. The van der Waals surface area contributed by atoms with E-state index in [0.717, 1.165) is 0 Å². The van der Waals surface area contributed by atoms with Gasteiger partial charge in [-0.05, 0) is 12.8 Å². The predicted octanol–water partition coefficient (Wildman–Crippen LogP) is -1.05. The first-order valence-electron chi connectivity index (χ1n) is 5.70. The lowest BCUT2D eigenvalue weighted by Gasteiger charge is -2.03. The fraction of sp³-hybridized carbons (Fsp3) is 0.909. The van der Waals surface area contributed by atoms with E-state index in [9.17, 15) is 0 Å². The minimum absolute atomic E-state index is 0. The van der Waals surface area contributed by atoms with Gasteiger partial charge in [0, 0.05) is 0 Å². The van der Waals surface area contributed by atoms with E-state index in [0.29, 0.717) is 0 Å². The second-order valence-corrected chi connectivity index (χ2v) is 3.89. The smallest absolute Gasteiger partial charge is 0.234 e. The van der Waals surface area contributed by atoms with Crippen LogP contribution in [0.1, 0.15) is 39.5 Å². The van der Waals surface area contributed by atoms with E-state index < -0.39 is 0 Å². The molecule has 0 saturated carbocycles. The van der Waals surface area contributed by atoms with Crippen LogP contribution in [0.15, 0.2) is 0 Å². The molecule has 0 aromatic rings. The van der Waals surface area contributed by atoms with E-state index in [1.165, 1.54) is 51.9 Å². The highest BCUT2D eigenvalue weighted by Crippen LogP contribution is 1.99. The topological polar surface area (TPSA) is 6.25 Å². The minimum Gasteiger partial charge on any atom is -1.00 e. The van der Waals surface area contributed by atoms with Crippen molar-refractivity contribution in [1.29, 1.82) is 0 Å². The normalized spacial score (nSPS) is 15.3. The van der Waals surface area contributed by atoms with Gasteiger partial charge in [-0.2, -0.15) is 0 Å². The molecule has 0 bridgehead atoms. The summed E-state index contributed by atoms with van der Waals surface area (Å²) in [7, 11) is 0. The van der Waals surface area contributed by atoms with Gasteiger partial charge in [0.15, 0.2) is 0 Å². The molecule has 0 N–H and O–H groups in total. The van der Waals surface area contributed by atoms with Crippen LogP contribution < -0.4 is 17.0 Å². The van der Waals surface area contributed by atoms with E-state index >= 15 is 0 Å². The number of nitrogens with zero attached hydrogens (tertiary/aromatic N) is 2. The Kier molecular flexibility index (Phi) is 8.24. The standard InChI is InChI=1S/C11H23N2.BrH/c1-3-5-7-12-9-10-13(11-12)8-6-4-2;/h11H,3-10H2,1-2H3;1H/q+1;/p-1. The van der Waals surface area contributed by atoms with Gasteiger partial charge in [-0.1, -0.05) is 26.7 Å². The van der Waals surface area contributed by atoms with Gasteiger partial charge in [0.2, 0.25) is 6.34 Å². The quantitative estimate of drug-likeness (QED) is 0.554. The van der Waals surface area contributed by atoms with Crippen LogP contribution in [0.2, 0.25) is 0 Å². The van der Waals surface area contributed by atoms with E-state index in [-0.39, 0.29) is 17.0 Å². The van der Waals surface area contributed by atoms with Crippen LogP contribution in [-0.4, -0.2) is 42.0 Å². The number of hydrogen-bond acceptors (Lipinski definition) is 1. The van der Waals surface area contributed by atoms with Gasteiger partial charge in [0.1, 0.15) is 13.1 Å². The molecule has 0 radical (unpaired) electrons. The number of halogens is 1. The second kappa shape index (κ2) is 8.27. The van der Waals surface area contributed by atoms with Gasteiger partial charge in [-0.3, -0.25) is 9.48 Å². The van der Waals surface area contributed by atoms with Crippen molar-refractivity contribution in [2.45, 2.75) is 39.5 Å². The van der Waals surface area contributed by atoms with E-state index in [1.807, 2.05) is 0 Å². The van der Waals surface area contributed by atoms with Crippen molar-refractivity contribution < 1.29 is 21.6 Å². The van der Waals surface area contributed by atoms with Crippen molar-refractivity contribution in [1.82, 2.24) is 4.90 Å². The lowest BCUT2D eigenvalue weighted by molar-refractivity contribution is -0.514. The van der Waals surface area contributed by atoms with Gasteiger partial charge >= 0.3 is 0 Å². The maximum atomic E-state index is 2.46. The Morgan fingerprint density at radius 3 is 2.57 bits per heavy atom. The molecule has 14 heavy (non-hydrogen) atoms. The van der Waals surface area contributed by atoms with Crippen molar-refractivity contribution in [3.63, 3.8) is 0 Å². The highest BCUT2D eigenvalue weighted by Gasteiger charge is 2.17. The molecule has 0 atom stereocenters. The maximum absolute atomic E-state index is 2.46. The molecule has 0 fully saturated rings. The first-order chi connectivity index (χ1) is 6.36. The summed E-state index contributed by atoms with van der Waals surface area (Å²) in [6.07, 6.45) is 7.60. The first-order valence-corrected chi connectivity index (χ1v) is 5.70. The zero-order valence-electron chi connectivity index (χ0n) is 9.51. The van der Waals surface area contributed by atoms with Crippen LogP contribution in [0.25, 0.3) is 0 Å². The van der Waals surface area contributed by atoms with Crippen LogP contribution in [0.5, 0.6) is 0 Å². The average Bonchev–Trinajstić information content (AvgIpc) is 2.59. The fourth-order valence-corrected chi connectivity index (χ4v) is 1.66. The third kappa shape index (κ3) is 4.99. The van der Waals surface area contributed by atoms with E-state index in [4.69, 9.17) is 0 Å². The number of hydrogen-bond donors (Lipinski definition) is 0. The molecule has 1 rings (SSSR count). The van der Waals surface area contributed by atoms with Gasteiger partial charge < -0.3 is 17.0 Å². The molecule has 1 aliphatic heterocycles. The van der Waals surface area contributed by atoms with Gasteiger partial charge in [0.25, 0.3) is 0 Å². The summed E-state index contributed by atoms with van der Waals surface area (Å²) in [4.78, 5) is 2.46. The van der Waals surface area contributed by atoms with Gasteiger partial charge in [0.05, 0.1) is 13.1 Å².